The van der Waals surface area contributed by atoms with Gasteiger partial charge in [0.05, 0.1) is 12.7 Å². The van der Waals surface area contributed by atoms with E-state index in [1.165, 1.54) is 12.7 Å². The molecule has 3 aromatic rings. The van der Waals surface area contributed by atoms with Crippen LogP contribution in [0.15, 0.2) is 60.7 Å². The van der Waals surface area contributed by atoms with E-state index in [1.54, 1.807) is 0 Å². The number of carbonyl (C=O) groups excluding carboxylic acids is 1. The monoisotopic (exact) mass is 276 g/mol. The second kappa shape index (κ2) is 5.41. The van der Waals surface area contributed by atoms with E-state index >= 15 is 0 Å². The van der Waals surface area contributed by atoms with E-state index in [9.17, 15) is 4.79 Å². The van der Waals surface area contributed by atoms with Gasteiger partial charge in [-0.2, -0.15) is 0 Å². The fourth-order valence-electron chi connectivity index (χ4n) is 2.57. The summed E-state index contributed by atoms with van der Waals surface area (Å²) in [5, 5.41) is 1.95. The predicted octanol–water partition coefficient (Wildman–Crippen LogP) is 4.60. The SMILES string of the molecule is COC(=O)c1c(-c2ccc(C)cc2)ccc2ccccc12. The molecule has 0 atom stereocenters. The Morgan fingerprint density at radius 1 is 0.905 bits per heavy atom. The molecule has 0 fully saturated rings. The molecule has 0 radical (unpaired) electrons. The highest BCUT2D eigenvalue weighted by Crippen LogP contribution is 2.31. The molecule has 0 amide bonds. The maximum Gasteiger partial charge on any atom is 0.339 e. The summed E-state index contributed by atoms with van der Waals surface area (Å²) < 4.78 is 4.99. The van der Waals surface area contributed by atoms with Gasteiger partial charge in [0.25, 0.3) is 0 Å². The van der Waals surface area contributed by atoms with Crippen LogP contribution in [0.25, 0.3) is 21.9 Å². The van der Waals surface area contributed by atoms with Gasteiger partial charge in [0.15, 0.2) is 0 Å². The van der Waals surface area contributed by atoms with Gasteiger partial charge in [0.1, 0.15) is 0 Å². The van der Waals surface area contributed by atoms with Crippen LogP contribution in [0.3, 0.4) is 0 Å². The summed E-state index contributed by atoms with van der Waals surface area (Å²) >= 11 is 0. The summed E-state index contributed by atoms with van der Waals surface area (Å²) in [7, 11) is 1.42. The summed E-state index contributed by atoms with van der Waals surface area (Å²) in [6, 6.07) is 20.0. The van der Waals surface area contributed by atoms with Crippen LogP contribution in [0, 0.1) is 6.92 Å². The zero-order valence-corrected chi connectivity index (χ0v) is 12.1. The first-order chi connectivity index (χ1) is 10.2. The number of methoxy groups -OCH3 is 1. The van der Waals surface area contributed by atoms with Gasteiger partial charge in [-0.15, -0.1) is 0 Å². The number of hydrogen-bond acceptors (Lipinski definition) is 2. The molecule has 0 heterocycles. The summed E-state index contributed by atoms with van der Waals surface area (Å²) in [5.41, 5.74) is 3.74. The lowest BCUT2D eigenvalue weighted by Gasteiger charge is -2.12. The molecule has 0 saturated heterocycles. The van der Waals surface area contributed by atoms with Crippen LogP contribution >= 0.6 is 0 Å². The lowest BCUT2D eigenvalue weighted by molar-refractivity contribution is 0.0604. The van der Waals surface area contributed by atoms with E-state index in [0.717, 1.165) is 21.9 Å². The Kier molecular flexibility index (Phi) is 3.44. The summed E-state index contributed by atoms with van der Waals surface area (Å²) in [4.78, 5) is 12.3. The van der Waals surface area contributed by atoms with Gasteiger partial charge in [-0.25, -0.2) is 4.79 Å². The molecule has 0 aliphatic carbocycles. The van der Waals surface area contributed by atoms with Crippen LogP contribution in [0.4, 0.5) is 0 Å². The molecular formula is C19H16O2. The minimum Gasteiger partial charge on any atom is -0.465 e. The molecule has 3 aromatic carbocycles. The quantitative estimate of drug-likeness (QED) is 0.639. The molecule has 104 valence electrons. The van der Waals surface area contributed by atoms with Crippen molar-refractivity contribution >= 4 is 16.7 Å². The molecule has 0 N–H and O–H groups in total. The molecule has 0 saturated carbocycles. The van der Waals surface area contributed by atoms with Gasteiger partial charge in [0, 0.05) is 0 Å². The summed E-state index contributed by atoms with van der Waals surface area (Å²) in [5.74, 6) is -0.303. The lowest BCUT2D eigenvalue weighted by atomic mass is 9.94. The predicted molar refractivity (Wildman–Crippen MR) is 85.5 cm³/mol. The van der Waals surface area contributed by atoms with Crippen molar-refractivity contribution in [3.63, 3.8) is 0 Å². The van der Waals surface area contributed by atoms with Crippen molar-refractivity contribution in [2.45, 2.75) is 6.92 Å². The average molecular weight is 276 g/mol. The van der Waals surface area contributed by atoms with E-state index < -0.39 is 0 Å². The molecule has 3 rings (SSSR count). The van der Waals surface area contributed by atoms with E-state index in [0.29, 0.717) is 5.56 Å². The van der Waals surface area contributed by atoms with Crippen molar-refractivity contribution < 1.29 is 9.53 Å². The molecule has 0 aliphatic rings. The third-order valence-electron chi connectivity index (χ3n) is 3.68. The number of benzene rings is 3. The Hall–Kier alpha value is -2.61. The molecule has 21 heavy (non-hydrogen) atoms. The van der Waals surface area contributed by atoms with Crippen LogP contribution in [0.5, 0.6) is 0 Å². The van der Waals surface area contributed by atoms with Crippen LogP contribution in [0.2, 0.25) is 0 Å². The number of esters is 1. The van der Waals surface area contributed by atoms with Crippen molar-refractivity contribution in [1.82, 2.24) is 0 Å². The molecule has 2 heteroatoms. The van der Waals surface area contributed by atoms with Crippen molar-refractivity contribution in [3.05, 3.63) is 71.8 Å². The smallest absolute Gasteiger partial charge is 0.339 e. The van der Waals surface area contributed by atoms with Gasteiger partial charge >= 0.3 is 5.97 Å². The normalized spacial score (nSPS) is 10.6. The standard InChI is InChI=1S/C19H16O2/c1-13-7-9-15(10-8-13)17-12-11-14-5-3-4-6-16(14)18(17)19(20)21-2/h3-12H,1-2H3. The lowest BCUT2D eigenvalue weighted by Crippen LogP contribution is -2.04. The number of hydrogen-bond donors (Lipinski definition) is 0. The Labute approximate surface area is 124 Å². The fraction of sp³-hybridized carbons (Fsp3) is 0.105. The zero-order valence-electron chi connectivity index (χ0n) is 12.1. The number of ether oxygens (including phenoxy) is 1. The fourth-order valence-corrected chi connectivity index (χ4v) is 2.57. The molecule has 0 unspecified atom stereocenters. The van der Waals surface area contributed by atoms with Gasteiger partial charge in [-0.3, -0.25) is 0 Å². The first-order valence-electron chi connectivity index (χ1n) is 6.88. The van der Waals surface area contributed by atoms with Crippen molar-refractivity contribution in [1.29, 1.82) is 0 Å². The minimum absolute atomic E-state index is 0.303. The van der Waals surface area contributed by atoms with Crippen LogP contribution in [-0.4, -0.2) is 13.1 Å². The second-order valence-corrected chi connectivity index (χ2v) is 5.07. The highest BCUT2D eigenvalue weighted by Gasteiger charge is 2.16. The van der Waals surface area contributed by atoms with Gasteiger partial charge in [0.2, 0.25) is 0 Å². The van der Waals surface area contributed by atoms with Crippen molar-refractivity contribution in [3.8, 4) is 11.1 Å². The maximum atomic E-state index is 12.3. The number of aryl methyl sites for hydroxylation is 1. The summed E-state index contributed by atoms with van der Waals surface area (Å²) in [6.45, 7) is 2.05. The Bertz CT molecular complexity index is 801. The minimum atomic E-state index is -0.303. The molecule has 0 bridgehead atoms. The van der Waals surface area contributed by atoms with E-state index in [-0.39, 0.29) is 5.97 Å². The van der Waals surface area contributed by atoms with Crippen LogP contribution < -0.4 is 0 Å². The third-order valence-corrected chi connectivity index (χ3v) is 3.68. The summed E-state index contributed by atoms with van der Waals surface area (Å²) in [6.07, 6.45) is 0. The van der Waals surface area contributed by atoms with Gasteiger partial charge in [-0.1, -0.05) is 66.2 Å². The third kappa shape index (κ3) is 2.40. The number of carbonyl (C=O) groups is 1. The molecule has 2 nitrogen and oxygen atoms in total. The molecule has 0 aliphatic heterocycles. The number of fused-ring (bicyclic) bond motifs is 1. The highest BCUT2D eigenvalue weighted by molar-refractivity contribution is 6.10. The first-order valence-corrected chi connectivity index (χ1v) is 6.88. The van der Waals surface area contributed by atoms with Crippen molar-refractivity contribution in [2.75, 3.05) is 7.11 Å². The molecular weight excluding hydrogens is 260 g/mol. The van der Waals surface area contributed by atoms with Crippen LogP contribution in [0.1, 0.15) is 15.9 Å². The van der Waals surface area contributed by atoms with Crippen molar-refractivity contribution in [2.24, 2.45) is 0 Å². The Morgan fingerprint density at radius 3 is 2.33 bits per heavy atom. The Morgan fingerprint density at radius 2 is 1.62 bits per heavy atom. The van der Waals surface area contributed by atoms with Crippen LogP contribution in [-0.2, 0) is 4.74 Å². The van der Waals surface area contributed by atoms with Gasteiger partial charge in [-0.05, 0) is 28.8 Å². The van der Waals surface area contributed by atoms with E-state index in [4.69, 9.17) is 4.74 Å². The van der Waals surface area contributed by atoms with Gasteiger partial charge < -0.3 is 4.74 Å². The largest absolute Gasteiger partial charge is 0.465 e. The van der Waals surface area contributed by atoms with E-state index in [2.05, 4.69) is 0 Å². The molecule has 0 spiro atoms. The topological polar surface area (TPSA) is 26.3 Å². The molecule has 0 aromatic heterocycles. The second-order valence-electron chi connectivity index (χ2n) is 5.07. The van der Waals surface area contributed by atoms with E-state index in [1.807, 2.05) is 67.6 Å². The Balaban J connectivity index is 2.31. The first kappa shape index (κ1) is 13.4. The zero-order chi connectivity index (χ0) is 14.8. The maximum absolute atomic E-state index is 12.3. The number of rotatable bonds is 2. The average Bonchev–Trinajstić information content (AvgIpc) is 2.54. The highest BCUT2D eigenvalue weighted by atomic mass is 16.5.